The molecule has 1 aromatic rings. The summed E-state index contributed by atoms with van der Waals surface area (Å²) in [6.07, 6.45) is -5.72. The van der Waals surface area contributed by atoms with Crippen molar-refractivity contribution in [3.05, 3.63) is 29.6 Å². The summed E-state index contributed by atoms with van der Waals surface area (Å²) in [7, 11) is -1.78. The molecule has 0 aliphatic heterocycles. The first-order valence-corrected chi connectivity index (χ1v) is 6.50. The molecular formula is C11H10F4O3S. The molecule has 0 bridgehead atoms. The summed E-state index contributed by atoms with van der Waals surface area (Å²) >= 11 is 0. The van der Waals surface area contributed by atoms with E-state index in [0.29, 0.717) is 0 Å². The van der Waals surface area contributed by atoms with Gasteiger partial charge in [0.25, 0.3) is 0 Å². The Morgan fingerprint density at radius 1 is 1.32 bits per heavy atom. The molecule has 8 heteroatoms. The molecular weight excluding hydrogens is 288 g/mol. The van der Waals surface area contributed by atoms with E-state index in [4.69, 9.17) is 5.11 Å². The van der Waals surface area contributed by atoms with Crippen molar-refractivity contribution in [2.75, 3.05) is 5.75 Å². The van der Waals surface area contributed by atoms with Crippen molar-refractivity contribution >= 4 is 16.8 Å². The molecule has 0 saturated heterocycles. The Balaban J connectivity index is 2.73. The molecule has 0 amide bonds. The highest BCUT2D eigenvalue weighted by Crippen LogP contribution is 2.22. The third kappa shape index (κ3) is 4.98. The summed E-state index contributed by atoms with van der Waals surface area (Å²) in [6, 6.07) is 2.81. The van der Waals surface area contributed by atoms with E-state index < -0.39 is 40.7 Å². The van der Waals surface area contributed by atoms with Crippen LogP contribution in [0.4, 0.5) is 17.6 Å². The van der Waals surface area contributed by atoms with Crippen molar-refractivity contribution in [3.63, 3.8) is 0 Å². The lowest BCUT2D eigenvalue weighted by molar-refractivity contribution is -0.134. The fourth-order valence-electron chi connectivity index (χ4n) is 1.33. The Kier molecular flexibility index (Phi) is 5.04. The van der Waals surface area contributed by atoms with E-state index in [1.807, 2.05) is 0 Å². The minimum absolute atomic E-state index is 0.000902. The number of hydrogen-bond acceptors (Lipinski definition) is 2. The quantitative estimate of drug-likeness (QED) is 0.850. The van der Waals surface area contributed by atoms with Crippen molar-refractivity contribution in [1.29, 1.82) is 0 Å². The molecule has 1 N–H and O–H groups in total. The topological polar surface area (TPSA) is 54.4 Å². The van der Waals surface area contributed by atoms with Gasteiger partial charge in [-0.15, -0.1) is 0 Å². The third-order valence-corrected chi connectivity index (χ3v) is 3.66. The van der Waals surface area contributed by atoms with Gasteiger partial charge in [-0.05, 0) is 24.6 Å². The maximum Gasteiger partial charge on any atom is 0.389 e. The van der Waals surface area contributed by atoms with Crippen LogP contribution >= 0.6 is 0 Å². The van der Waals surface area contributed by atoms with Crippen molar-refractivity contribution < 1.29 is 31.7 Å². The highest BCUT2D eigenvalue weighted by molar-refractivity contribution is 7.85. The number of carboxylic acid groups (broad SMARTS) is 1. The molecule has 0 fully saturated rings. The van der Waals surface area contributed by atoms with Crippen molar-refractivity contribution in [3.8, 4) is 0 Å². The lowest BCUT2D eigenvalue weighted by Gasteiger charge is -2.06. The minimum atomic E-state index is -4.32. The monoisotopic (exact) mass is 298 g/mol. The van der Waals surface area contributed by atoms with Gasteiger partial charge in [-0.2, -0.15) is 13.2 Å². The number of aromatic carboxylic acids is 1. The molecule has 0 aliphatic carbocycles. The van der Waals surface area contributed by atoms with E-state index in [2.05, 4.69) is 0 Å². The van der Waals surface area contributed by atoms with Crippen LogP contribution < -0.4 is 0 Å². The third-order valence-electron chi connectivity index (χ3n) is 2.22. The van der Waals surface area contributed by atoms with Gasteiger partial charge in [0.15, 0.2) is 0 Å². The zero-order chi connectivity index (χ0) is 14.6. The van der Waals surface area contributed by atoms with Gasteiger partial charge in [0.2, 0.25) is 0 Å². The minimum Gasteiger partial charge on any atom is -0.478 e. The molecule has 1 unspecified atom stereocenters. The second kappa shape index (κ2) is 6.14. The molecule has 0 aliphatic rings. The summed E-state index contributed by atoms with van der Waals surface area (Å²) in [5, 5.41) is 8.67. The second-order valence-electron chi connectivity index (χ2n) is 3.72. The van der Waals surface area contributed by atoms with Gasteiger partial charge in [0.1, 0.15) is 5.82 Å². The smallest absolute Gasteiger partial charge is 0.389 e. The average Bonchev–Trinajstić information content (AvgIpc) is 2.27. The largest absolute Gasteiger partial charge is 0.478 e. The number of halogens is 4. The van der Waals surface area contributed by atoms with Crippen LogP contribution in [0.1, 0.15) is 23.2 Å². The van der Waals surface area contributed by atoms with E-state index in [0.717, 1.165) is 18.2 Å². The molecule has 0 radical (unpaired) electrons. The number of alkyl halides is 3. The van der Waals surface area contributed by atoms with Crippen LogP contribution in [0.25, 0.3) is 0 Å². The van der Waals surface area contributed by atoms with Gasteiger partial charge in [-0.3, -0.25) is 4.21 Å². The van der Waals surface area contributed by atoms with Gasteiger partial charge >= 0.3 is 12.1 Å². The number of hydrogen-bond donors (Lipinski definition) is 1. The lowest BCUT2D eigenvalue weighted by Crippen LogP contribution is -2.10. The molecule has 19 heavy (non-hydrogen) atoms. The van der Waals surface area contributed by atoms with Crippen LogP contribution in [0.3, 0.4) is 0 Å². The molecule has 106 valence electrons. The summed E-state index contributed by atoms with van der Waals surface area (Å²) in [6.45, 7) is 0. The van der Waals surface area contributed by atoms with E-state index in [9.17, 15) is 26.6 Å². The Labute approximate surface area is 108 Å². The SMILES string of the molecule is O=C(O)c1cc(S(=O)CCCC(F)(F)F)ccc1F. The Bertz CT molecular complexity index is 499. The average molecular weight is 298 g/mol. The standard InChI is InChI=1S/C11H10F4O3S/c12-9-3-2-7(6-8(9)10(16)17)19(18)5-1-4-11(13,14)15/h2-3,6H,1,4-5H2,(H,16,17). The van der Waals surface area contributed by atoms with Gasteiger partial charge < -0.3 is 5.11 Å². The first-order chi connectivity index (χ1) is 8.70. The summed E-state index contributed by atoms with van der Waals surface area (Å²) in [5.74, 6) is -2.76. The molecule has 0 spiro atoms. The molecule has 3 nitrogen and oxygen atoms in total. The maximum absolute atomic E-state index is 13.1. The first kappa shape index (κ1) is 15.6. The van der Waals surface area contributed by atoms with Crippen LogP contribution in [0.2, 0.25) is 0 Å². The molecule has 1 rings (SSSR count). The maximum atomic E-state index is 13.1. The predicted molar refractivity (Wildman–Crippen MR) is 59.9 cm³/mol. The van der Waals surface area contributed by atoms with Gasteiger partial charge in [-0.25, -0.2) is 9.18 Å². The van der Waals surface area contributed by atoms with Crippen LogP contribution in [-0.2, 0) is 10.8 Å². The van der Waals surface area contributed by atoms with Gasteiger partial charge in [-0.1, -0.05) is 0 Å². The number of benzene rings is 1. The summed E-state index contributed by atoms with van der Waals surface area (Å²) in [4.78, 5) is 10.7. The van der Waals surface area contributed by atoms with Crippen molar-refractivity contribution in [2.45, 2.75) is 23.9 Å². The van der Waals surface area contributed by atoms with Crippen LogP contribution in [0.5, 0.6) is 0 Å². The van der Waals surface area contributed by atoms with E-state index in [-0.39, 0.29) is 17.1 Å². The van der Waals surface area contributed by atoms with Gasteiger partial charge in [0, 0.05) is 17.1 Å². The molecule has 0 heterocycles. The molecule has 0 aromatic heterocycles. The van der Waals surface area contributed by atoms with Crippen molar-refractivity contribution in [1.82, 2.24) is 0 Å². The summed E-state index contributed by atoms with van der Waals surface area (Å²) in [5.41, 5.74) is -0.651. The second-order valence-corrected chi connectivity index (χ2v) is 5.29. The fourth-order valence-corrected chi connectivity index (χ4v) is 2.44. The van der Waals surface area contributed by atoms with Crippen LogP contribution in [0.15, 0.2) is 23.1 Å². The predicted octanol–water partition coefficient (Wildman–Crippen LogP) is 2.97. The van der Waals surface area contributed by atoms with Gasteiger partial charge in [0.05, 0.1) is 16.4 Å². The molecule has 1 atom stereocenters. The zero-order valence-electron chi connectivity index (χ0n) is 9.54. The fraction of sp³-hybridized carbons (Fsp3) is 0.364. The highest BCUT2D eigenvalue weighted by Gasteiger charge is 2.26. The Hall–Kier alpha value is -1.44. The van der Waals surface area contributed by atoms with Crippen LogP contribution in [0, 0.1) is 5.82 Å². The molecule has 0 saturated carbocycles. The number of carboxylic acids is 1. The van der Waals surface area contributed by atoms with E-state index in [1.165, 1.54) is 0 Å². The van der Waals surface area contributed by atoms with Crippen molar-refractivity contribution in [2.24, 2.45) is 0 Å². The number of carbonyl (C=O) groups is 1. The Morgan fingerprint density at radius 3 is 2.47 bits per heavy atom. The lowest BCUT2D eigenvalue weighted by atomic mass is 10.2. The normalized spacial score (nSPS) is 13.3. The zero-order valence-corrected chi connectivity index (χ0v) is 10.4. The Morgan fingerprint density at radius 2 is 1.95 bits per heavy atom. The highest BCUT2D eigenvalue weighted by atomic mass is 32.2. The first-order valence-electron chi connectivity index (χ1n) is 5.18. The molecule has 1 aromatic carbocycles. The van der Waals surface area contributed by atoms with E-state index in [1.54, 1.807) is 0 Å². The van der Waals surface area contributed by atoms with Crippen LogP contribution in [-0.4, -0.2) is 27.2 Å². The van der Waals surface area contributed by atoms with E-state index >= 15 is 0 Å². The summed E-state index contributed by atoms with van der Waals surface area (Å²) < 4.78 is 60.4. The number of rotatable bonds is 5.